The van der Waals surface area contributed by atoms with E-state index >= 15 is 0 Å². The first-order chi connectivity index (χ1) is 15.3. The highest BCUT2D eigenvalue weighted by molar-refractivity contribution is 8.00. The lowest BCUT2D eigenvalue weighted by Crippen LogP contribution is -2.25. The molecule has 168 valence electrons. The largest absolute Gasteiger partial charge is 0.508 e. The average molecular weight is 473 g/mol. The van der Waals surface area contributed by atoms with Gasteiger partial charge in [0, 0.05) is 18.3 Å². The van der Waals surface area contributed by atoms with Gasteiger partial charge >= 0.3 is 0 Å². The van der Waals surface area contributed by atoms with Crippen LogP contribution in [0.3, 0.4) is 0 Å². The van der Waals surface area contributed by atoms with Crippen LogP contribution >= 0.6 is 11.8 Å². The molecule has 0 aliphatic carbocycles. The monoisotopic (exact) mass is 472 g/mol. The fourth-order valence-electron chi connectivity index (χ4n) is 2.96. The Labute approximate surface area is 191 Å². The smallest absolute Gasteiger partial charge is 0.237 e. The number of phenolic OH excluding ortho intramolecular Hbond substituents is 1. The molecule has 3 rings (SSSR count). The number of hydrogen-bond acceptors (Lipinski definition) is 7. The molecule has 2 aromatic carbocycles. The third-order valence-corrected chi connectivity index (χ3v) is 7.52. The second-order valence-corrected chi connectivity index (χ2v) is 10.1. The quantitative estimate of drug-likeness (QED) is 0.342. The van der Waals surface area contributed by atoms with Crippen LogP contribution in [0.15, 0.2) is 77.3 Å². The van der Waals surface area contributed by atoms with Crippen LogP contribution in [0, 0.1) is 0 Å². The lowest BCUT2D eigenvalue weighted by Gasteiger charge is -2.15. The number of amides is 1. The average Bonchev–Trinajstić information content (AvgIpc) is 3.13. The maximum absolute atomic E-state index is 12.8. The molecule has 10 heteroatoms. The maximum atomic E-state index is 12.8. The minimum absolute atomic E-state index is 0.0542. The van der Waals surface area contributed by atoms with Crippen LogP contribution in [-0.2, 0) is 26.9 Å². The van der Waals surface area contributed by atoms with Crippen LogP contribution in [0.5, 0.6) is 5.75 Å². The SMILES string of the molecule is C=CCn1c(CS(=O)(=O)c2ccccc2)nnc1SC(CC)C(=O)Nc1cccc(O)c1. The number of carbonyl (C=O) groups is 1. The van der Waals surface area contributed by atoms with Gasteiger partial charge in [-0.2, -0.15) is 0 Å². The van der Waals surface area contributed by atoms with Gasteiger partial charge in [0.05, 0.1) is 10.1 Å². The van der Waals surface area contributed by atoms with Gasteiger partial charge in [0.1, 0.15) is 17.3 Å². The summed E-state index contributed by atoms with van der Waals surface area (Å²) in [7, 11) is -3.61. The number of phenols is 1. The van der Waals surface area contributed by atoms with E-state index in [1.807, 2.05) is 6.92 Å². The van der Waals surface area contributed by atoms with Gasteiger partial charge in [0.15, 0.2) is 15.0 Å². The topological polar surface area (TPSA) is 114 Å². The van der Waals surface area contributed by atoms with Gasteiger partial charge in [0.25, 0.3) is 0 Å². The first-order valence-corrected chi connectivity index (χ1v) is 12.4. The number of rotatable bonds is 10. The number of hydrogen-bond donors (Lipinski definition) is 2. The Balaban J connectivity index is 1.80. The third kappa shape index (κ3) is 5.77. The Hall–Kier alpha value is -3.11. The molecular weight excluding hydrogens is 448 g/mol. The molecule has 32 heavy (non-hydrogen) atoms. The summed E-state index contributed by atoms with van der Waals surface area (Å²) in [4.78, 5) is 13.0. The number of thioether (sulfide) groups is 1. The van der Waals surface area contributed by atoms with Crippen LogP contribution in [-0.4, -0.2) is 39.4 Å². The van der Waals surface area contributed by atoms with Crippen molar-refractivity contribution < 1.29 is 18.3 Å². The van der Waals surface area contributed by atoms with Crippen LogP contribution in [0.2, 0.25) is 0 Å². The van der Waals surface area contributed by atoms with Crippen LogP contribution in [0.25, 0.3) is 0 Å². The molecule has 0 spiro atoms. The molecule has 0 bridgehead atoms. The van der Waals surface area contributed by atoms with Gasteiger partial charge in [-0.15, -0.1) is 16.8 Å². The van der Waals surface area contributed by atoms with Crippen molar-refractivity contribution in [1.82, 2.24) is 14.8 Å². The predicted octanol–water partition coefficient (Wildman–Crippen LogP) is 3.65. The minimum atomic E-state index is -3.61. The number of allylic oxidation sites excluding steroid dienone is 1. The summed E-state index contributed by atoms with van der Waals surface area (Å²) in [5.41, 5.74) is 0.483. The molecule has 0 aliphatic heterocycles. The zero-order valence-electron chi connectivity index (χ0n) is 17.5. The fourth-order valence-corrected chi connectivity index (χ4v) is 5.24. The van der Waals surface area contributed by atoms with Gasteiger partial charge in [-0.1, -0.05) is 49.0 Å². The summed E-state index contributed by atoms with van der Waals surface area (Å²) in [5.74, 6) is -0.238. The molecule has 1 amide bonds. The molecule has 2 N–H and O–H groups in total. The Morgan fingerprint density at radius 3 is 2.62 bits per heavy atom. The summed E-state index contributed by atoms with van der Waals surface area (Å²) in [5, 5.41) is 20.5. The van der Waals surface area contributed by atoms with E-state index in [1.54, 1.807) is 41.0 Å². The summed E-state index contributed by atoms with van der Waals surface area (Å²) < 4.78 is 27.2. The number of benzene rings is 2. The molecule has 1 heterocycles. The van der Waals surface area contributed by atoms with E-state index in [1.165, 1.54) is 36.0 Å². The summed E-state index contributed by atoms with van der Waals surface area (Å²) in [6, 6.07) is 14.5. The lowest BCUT2D eigenvalue weighted by molar-refractivity contribution is -0.115. The maximum Gasteiger partial charge on any atom is 0.237 e. The molecule has 8 nitrogen and oxygen atoms in total. The zero-order valence-corrected chi connectivity index (χ0v) is 19.1. The number of sulfone groups is 1. The minimum Gasteiger partial charge on any atom is -0.508 e. The molecule has 1 atom stereocenters. The molecular formula is C22H24N4O4S2. The molecule has 0 saturated heterocycles. The van der Waals surface area contributed by atoms with Gasteiger partial charge < -0.3 is 15.0 Å². The Morgan fingerprint density at radius 2 is 1.97 bits per heavy atom. The molecule has 1 aromatic heterocycles. The molecule has 0 fully saturated rings. The Bertz CT molecular complexity index is 1190. The highest BCUT2D eigenvalue weighted by Crippen LogP contribution is 2.27. The number of carbonyl (C=O) groups excluding carboxylic acids is 1. The predicted molar refractivity (Wildman–Crippen MR) is 124 cm³/mol. The van der Waals surface area contributed by atoms with Crippen molar-refractivity contribution in [3.05, 3.63) is 73.1 Å². The van der Waals surface area contributed by atoms with Crippen molar-refractivity contribution in [2.24, 2.45) is 0 Å². The second kappa shape index (κ2) is 10.5. The van der Waals surface area contributed by atoms with Crippen molar-refractivity contribution in [3.8, 4) is 5.75 Å². The van der Waals surface area contributed by atoms with Crippen molar-refractivity contribution in [2.45, 2.75) is 40.9 Å². The number of aromatic nitrogens is 3. The fraction of sp³-hybridized carbons (Fsp3) is 0.227. The van der Waals surface area contributed by atoms with Crippen molar-refractivity contribution in [1.29, 1.82) is 0 Å². The van der Waals surface area contributed by atoms with Gasteiger partial charge in [-0.05, 0) is 30.7 Å². The van der Waals surface area contributed by atoms with E-state index in [0.29, 0.717) is 23.8 Å². The highest BCUT2D eigenvalue weighted by atomic mass is 32.2. The summed E-state index contributed by atoms with van der Waals surface area (Å²) >= 11 is 1.20. The van der Waals surface area contributed by atoms with E-state index in [9.17, 15) is 18.3 Å². The Morgan fingerprint density at radius 1 is 1.22 bits per heavy atom. The van der Waals surface area contributed by atoms with E-state index in [0.717, 1.165) is 0 Å². The van der Waals surface area contributed by atoms with E-state index in [4.69, 9.17) is 0 Å². The first-order valence-electron chi connectivity index (χ1n) is 9.91. The van der Waals surface area contributed by atoms with E-state index in [2.05, 4.69) is 22.1 Å². The summed E-state index contributed by atoms with van der Waals surface area (Å²) in [6.07, 6.45) is 2.13. The van der Waals surface area contributed by atoms with Crippen LogP contribution in [0.4, 0.5) is 5.69 Å². The van der Waals surface area contributed by atoms with Crippen molar-refractivity contribution >= 4 is 33.2 Å². The van der Waals surface area contributed by atoms with E-state index in [-0.39, 0.29) is 28.1 Å². The number of nitrogens with zero attached hydrogens (tertiary/aromatic N) is 3. The van der Waals surface area contributed by atoms with Crippen molar-refractivity contribution in [3.63, 3.8) is 0 Å². The van der Waals surface area contributed by atoms with Gasteiger partial charge in [-0.25, -0.2) is 8.42 Å². The number of anilines is 1. The molecule has 3 aromatic rings. The normalized spacial score (nSPS) is 12.3. The van der Waals surface area contributed by atoms with Crippen LogP contribution < -0.4 is 5.32 Å². The van der Waals surface area contributed by atoms with Crippen molar-refractivity contribution in [2.75, 3.05) is 5.32 Å². The second-order valence-electron chi connectivity index (χ2n) is 6.92. The number of nitrogens with one attached hydrogen (secondary N) is 1. The first kappa shape index (κ1) is 23.6. The molecule has 0 aliphatic rings. The highest BCUT2D eigenvalue weighted by Gasteiger charge is 2.25. The van der Waals surface area contributed by atoms with Gasteiger partial charge in [-0.3, -0.25) is 4.79 Å². The standard InChI is InChI=1S/C22H24N4O4S2/c1-3-13-26-20(15-32(29,30)18-11-6-5-7-12-18)24-25-22(26)31-19(4-2)21(28)23-16-9-8-10-17(27)14-16/h3,5-12,14,19,27H,1,4,13,15H2,2H3,(H,23,28). The molecule has 0 saturated carbocycles. The lowest BCUT2D eigenvalue weighted by atomic mass is 10.2. The molecule has 1 unspecified atom stereocenters. The Kier molecular flexibility index (Phi) is 7.70. The van der Waals surface area contributed by atoms with E-state index < -0.39 is 15.1 Å². The van der Waals surface area contributed by atoms with Gasteiger partial charge in [0.2, 0.25) is 5.91 Å². The summed E-state index contributed by atoms with van der Waals surface area (Å²) in [6.45, 7) is 5.91. The molecule has 0 radical (unpaired) electrons. The third-order valence-electron chi connectivity index (χ3n) is 4.55. The number of aromatic hydroxyl groups is 1. The zero-order chi connectivity index (χ0) is 23.1. The van der Waals surface area contributed by atoms with Crippen LogP contribution in [0.1, 0.15) is 19.2 Å².